The number of thioether (sulfide) groups is 2. The Labute approximate surface area is 94.8 Å². The summed E-state index contributed by atoms with van der Waals surface area (Å²) in [5.74, 6) is -2.10. The Morgan fingerprint density at radius 3 is 2.80 bits per heavy atom. The van der Waals surface area contributed by atoms with E-state index in [4.69, 9.17) is 5.11 Å². The van der Waals surface area contributed by atoms with Gasteiger partial charge in [-0.15, -0.1) is 23.5 Å². The average molecular weight is 250 g/mol. The minimum atomic E-state index is -2.20. The molecule has 2 saturated carbocycles. The molecule has 0 radical (unpaired) electrons. The van der Waals surface area contributed by atoms with Crippen LogP contribution in [-0.4, -0.2) is 42.5 Å². The predicted molar refractivity (Wildman–Crippen MR) is 56.8 cm³/mol. The summed E-state index contributed by atoms with van der Waals surface area (Å²) >= 11 is 3.00. The summed E-state index contributed by atoms with van der Waals surface area (Å²) in [6.07, 6.45) is -0.255. The van der Waals surface area contributed by atoms with Gasteiger partial charge in [-0.3, -0.25) is 0 Å². The first-order valence-electron chi connectivity index (χ1n) is 4.88. The molecule has 15 heavy (non-hydrogen) atoms. The molecule has 0 amide bonds. The van der Waals surface area contributed by atoms with Crippen LogP contribution in [0, 0.1) is 5.92 Å². The van der Waals surface area contributed by atoms with E-state index in [-0.39, 0.29) is 9.83 Å². The number of hydrogen-bond donors (Lipinski definition) is 2. The quantitative estimate of drug-likeness (QED) is 0.730. The Bertz CT molecular complexity index is 350. The summed E-state index contributed by atoms with van der Waals surface area (Å²) in [6.45, 7) is 1.96. The smallest absolute Gasteiger partial charge is 0.343 e. The van der Waals surface area contributed by atoms with Gasteiger partial charge in [0.1, 0.15) is 0 Å². The Morgan fingerprint density at radius 2 is 2.27 bits per heavy atom. The summed E-state index contributed by atoms with van der Waals surface area (Å²) in [4.78, 5) is 11.0. The Balaban J connectivity index is 2.03. The van der Waals surface area contributed by atoms with E-state index in [2.05, 4.69) is 0 Å². The van der Waals surface area contributed by atoms with Crippen LogP contribution in [0.4, 0.5) is 4.39 Å². The van der Waals surface area contributed by atoms with Crippen molar-refractivity contribution in [2.75, 3.05) is 0 Å². The molecule has 84 valence electrons. The van der Waals surface area contributed by atoms with Crippen LogP contribution in [0.15, 0.2) is 0 Å². The van der Waals surface area contributed by atoms with E-state index in [1.165, 1.54) is 11.8 Å². The third-order valence-electron chi connectivity index (χ3n) is 3.72. The van der Waals surface area contributed by atoms with E-state index in [0.717, 1.165) is 0 Å². The number of carboxylic acid groups (broad SMARTS) is 1. The summed E-state index contributed by atoms with van der Waals surface area (Å²) in [7, 11) is 0. The van der Waals surface area contributed by atoms with Crippen LogP contribution in [0.2, 0.25) is 0 Å². The molecule has 6 unspecified atom stereocenters. The summed E-state index contributed by atoms with van der Waals surface area (Å²) in [5.41, 5.74) is -2.20. The highest BCUT2D eigenvalue weighted by Gasteiger charge is 2.92. The van der Waals surface area contributed by atoms with E-state index in [1.54, 1.807) is 11.8 Å². The number of alkyl halides is 1. The van der Waals surface area contributed by atoms with E-state index in [0.29, 0.717) is 6.42 Å². The van der Waals surface area contributed by atoms with Crippen LogP contribution in [0.1, 0.15) is 13.3 Å². The van der Waals surface area contributed by atoms with E-state index < -0.39 is 28.4 Å². The molecule has 2 aliphatic carbocycles. The Morgan fingerprint density at radius 1 is 1.60 bits per heavy atom. The number of aliphatic hydroxyl groups excluding tert-OH is 1. The molecule has 6 atom stereocenters. The highest BCUT2D eigenvalue weighted by Crippen LogP contribution is 2.80. The second-order valence-electron chi connectivity index (χ2n) is 4.40. The molecule has 0 aromatic rings. The molecular weight excluding hydrogens is 239 g/mol. The normalized spacial score (nSPS) is 61.3. The van der Waals surface area contributed by atoms with Crippen molar-refractivity contribution in [3.63, 3.8) is 0 Å². The van der Waals surface area contributed by atoms with Crippen molar-refractivity contribution in [3.05, 3.63) is 0 Å². The van der Waals surface area contributed by atoms with Gasteiger partial charge in [0.25, 0.3) is 0 Å². The lowest BCUT2D eigenvalue weighted by Crippen LogP contribution is -2.35. The van der Waals surface area contributed by atoms with E-state index in [1.807, 2.05) is 6.92 Å². The molecule has 1 spiro atoms. The lowest BCUT2D eigenvalue weighted by Gasteiger charge is -2.17. The highest BCUT2D eigenvalue weighted by atomic mass is 32.2. The largest absolute Gasteiger partial charge is 0.479 e. The molecule has 1 heterocycles. The van der Waals surface area contributed by atoms with Gasteiger partial charge in [0.15, 0.2) is 0 Å². The number of aliphatic hydroxyl groups is 1. The summed E-state index contributed by atoms with van der Waals surface area (Å²) < 4.78 is 13.7. The lowest BCUT2D eigenvalue weighted by molar-refractivity contribution is -0.146. The van der Waals surface area contributed by atoms with Gasteiger partial charge < -0.3 is 10.2 Å². The third kappa shape index (κ3) is 0.885. The van der Waals surface area contributed by atoms with E-state index in [9.17, 15) is 14.3 Å². The standard InChI is InChI=1S/C9H11FO3S2/c1-3-14-5-2-4(11)6-8(10,7(12)13)9(5,6)15-3/h3-6,11H,2H2,1H3,(H,12,13). The molecule has 3 nitrogen and oxygen atoms in total. The molecule has 1 saturated heterocycles. The predicted octanol–water partition coefficient (Wildman–Crippen LogP) is 1.11. The van der Waals surface area contributed by atoms with Crippen LogP contribution < -0.4 is 0 Å². The number of carboxylic acids is 1. The number of aliphatic carboxylic acids is 1. The molecule has 1 aliphatic heterocycles. The van der Waals surface area contributed by atoms with Crippen molar-refractivity contribution in [3.8, 4) is 0 Å². The topological polar surface area (TPSA) is 57.5 Å². The van der Waals surface area contributed by atoms with Crippen molar-refractivity contribution in [1.29, 1.82) is 0 Å². The van der Waals surface area contributed by atoms with Gasteiger partial charge in [-0.25, -0.2) is 9.18 Å². The van der Waals surface area contributed by atoms with Crippen LogP contribution >= 0.6 is 23.5 Å². The van der Waals surface area contributed by atoms with Gasteiger partial charge >= 0.3 is 5.97 Å². The number of hydrogen-bond acceptors (Lipinski definition) is 4. The molecule has 3 aliphatic rings. The lowest BCUT2D eigenvalue weighted by atomic mass is 10.1. The maximum Gasteiger partial charge on any atom is 0.343 e. The average Bonchev–Trinajstić information content (AvgIpc) is 2.35. The van der Waals surface area contributed by atoms with Crippen molar-refractivity contribution in [2.24, 2.45) is 5.92 Å². The molecule has 2 N–H and O–H groups in total. The van der Waals surface area contributed by atoms with Crippen molar-refractivity contribution >= 4 is 29.5 Å². The number of halogens is 1. The van der Waals surface area contributed by atoms with Crippen molar-refractivity contribution in [1.82, 2.24) is 0 Å². The molecular formula is C9H11FO3S2. The molecule has 6 heteroatoms. The zero-order chi connectivity index (χ0) is 11.0. The summed E-state index contributed by atoms with van der Waals surface area (Å²) in [5, 5.41) is 18.6. The SMILES string of the molecule is CC1SC2CC(O)C3C(F)(C(=O)O)C23S1. The molecule has 0 aromatic carbocycles. The highest BCUT2D eigenvalue weighted by molar-refractivity contribution is 8.21. The zero-order valence-corrected chi connectivity index (χ0v) is 9.65. The van der Waals surface area contributed by atoms with Crippen LogP contribution in [-0.2, 0) is 4.79 Å². The fourth-order valence-corrected chi connectivity index (χ4v) is 7.52. The maximum atomic E-state index is 14.3. The van der Waals surface area contributed by atoms with Gasteiger partial charge in [0, 0.05) is 9.83 Å². The minimum Gasteiger partial charge on any atom is -0.479 e. The second kappa shape index (κ2) is 2.65. The van der Waals surface area contributed by atoms with Gasteiger partial charge in [-0.1, -0.05) is 0 Å². The monoisotopic (exact) mass is 250 g/mol. The number of rotatable bonds is 1. The Kier molecular flexibility index (Phi) is 1.81. The first-order chi connectivity index (χ1) is 6.94. The van der Waals surface area contributed by atoms with Crippen molar-refractivity contribution in [2.45, 2.75) is 39.7 Å². The van der Waals surface area contributed by atoms with Gasteiger partial charge in [0.05, 0.1) is 16.8 Å². The molecule has 0 aromatic heterocycles. The van der Waals surface area contributed by atoms with Crippen LogP contribution in [0.3, 0.4) is 0 Å². The molecule has 0 bridgehead atoms. The zero-order valence-electron chi connectivity index (χ0n) is 8.01. The molecule has 3 fully saturated rings. The number of carbonyl (C=O) groups is 1. The van der Waals surface area contributed by atoms with Gasteiger partial charge in [-0.05, 0) is 13.3 Å². The first kappa shape index (κ1) is 10.2. The van der Waals surface area contributed by atoms with Crippen LogP contribution in [0.25, 0.3) is 0 Å². The van der Waals surface area contributed by atoms with Crippen molar-refractivity contribution < 1.29 is 19.4 Å². The third-order valence-corrected chi connectivity index (χ3v) is 7.33. The first-order valence-corrected chi connectivity index (χ1v) is 6.70. The molecule has 3 rings (SSSR count). The maximum absolute atomic E-state index is 14.3. The van der Waals surface area contributed by atoms with Gasteiger partial charge in [-0.2, -0.15) is 0 Å². The second-order valence-corrected chi connectivity index (χ2v) is 7.87. The van der Waals surface area contributed by atoms with E-state index >= 15 is 0 Å². The fourth-order valence-electron chi connectivity index (χ4n) is 3.20. The fraction of sp³-hybridized carbons (Fsp3) is 0.889. The van der Waals surface area contributed by atoms with Crippen LogP contribution in [0.5, 0.6) is 0 Å². The minimum absolute atomic E-state index is 0.0430. The summed E-state index contributed by atoms with van der Waals surface area (Å²) in [6, 6.07) is 0. The van der Waals surface area contributed by atoms with Gasteiger partial charge in [0.2, 0.25) is 5.67 Å². The Hall–Kier alpha value is 0.0600.